The fourth-order valence-electron chi connectivity index (χ4n) is 0.778. The van der Waals surface area contributed by atoms with E-state index in [2.05, 4.69) is 0 Å². The summed E-state index contributed by atoms with van der Waals surface area (Å²) < 4.78 is 0. The third-order valence-corrected chi connectivity index (χ3v) is 1.50. The number of Topliss-reactive ketones (excluding diaryl/α,β-unsaturated/α-hetero) is 1. The van der Waals surface area contributed by atoms with Crippen LogP contribution in [0.5, 0.6) is 0 Å². The van der Waals surface area contributed by atoms with Gasteiger partial charge in [-0.1, -0.05) is 19.9 Å². The Balaban J connectivity index is 0. The Morgan fingerprint density at radius 3 is 2.07 bits per heavy atom. The third-order valence-electron chi connectivity index (χ3n) is 1.50. The fourth-order valence-corrected chi connectivity index (χ4v) is 0.778. The van der Waals surface area contributed by atoms with Gasteiger partial charge in [0, 0.05) is 19.4 Å². The van der Waals surface area contributed by atoms with Crippen molar-refractivity contribution in [3.05, 3.63) is 12.2 Å². The standard InChI is InChI=1S/C10H17NO2.C2H6/c1-9(12)6-7-10(13)5-4-8-11(2)3;1-2/h4-5H,6-8H2,1-3H3;1-2H3/b5-4+;. The van der Waals surface area contributed by atoms with Crippen LogP contribution < -0.4 is 0 Å². The van der Waals surface area contributed by atoms with E-state index in [1.165, 1.54) is 6.92 Å². The van der Waals surface area contributed by atoms with E-state index >= 15 is 0 Å². The third kappa shape index (κ3) is 15.8. The highest BCUT2D eigenvalue weighted by atomic mass is 16.1. The van der Waals surface area contributed by atoms with E-state index in [4.69, 9.17) is 0 Å². The van der Waals surface area contributed by atoms with Crippen LogP contribution in [0, 0.1) is 0 Å². The Morgan fingerprint density at radius 1 is 1.13 bits per heavy atom. The first-order chi connectivity index (χ1) is 7.02. The van der Waals surface area contributed by atoms with Crippen molar-refractivity contribution in [3.63, 3.8) is 0 Å². The molecule has 0 amide bonds. The minimum absolute atomic E-state index is 0.0250. The number of hydrogen-bond donors (Lipinski definition) is 0. The predicted molar refractivity (Wildman–Crippen MR) is 64.0 cm³/mol. The summed E-state index contributed by atoms with van der Waals surface area (Å²) in [5.41, 5.74) is 0. The number of likely N-dealkylation sites (N-methyl/N-ethyl adjacent to an activating group) is 1. The Kier molecular flexibility index (Phi) is 12.2. The fraction of sp³-hybridized carbons (Fsp3) is 0.667. The lowest BCUT2D eigenvalue weighted by molar-refractivity contribution is -0.120. The van der Waals surface area contributed by atoms with Gasteiger partial charge >= 0.3 is 0 Å². The maximum absolute atomic E-state index is 11.1. The molecule has 0 heterocycles. The van der Waals surface area contributed by atoms with Crippen LogP contribution in [0.3, 0.4) is 0 Å². The number of ketones is 2. The molecule has 0 radical (unpaired) electrons. The van der Waals surface area contributed by atoms with Gasteiger partial charge < -0.3 is 9.69 Å². The first-order valence-electron chi connectivity index (χ1n) is 5.36. The molecular weight excluding hydrogens is 190 g/mol. The molecule has 0 atom stereocenters. The van der Waals surface area contributed by atoms with E-state index in [-0.39, 0.29) is 11.6 Å². The van der Waals surface area contributed by atoms with Crippen molar-refractivity contribution in [1.29, 1.82) is 0 Å². The average molecular weight is 213 g/mol. The molecular formula is C12H23NO2. The molecule has 0 aliphatic heterocycles. The summed E-state index contributed by atoms with van der Waals surface area (Å²) in [6.07, 6.45) is 4.04. The van der Waals surface area contributed by atoms with E-state index in [0.29, 0.717) is 12.8 Å². The first kappa shape index (κ1) is 16.5. The number of rotatable bonds is 6. The molecule has 88 valence electrons. The largest absolute Gasteiger partial charge is 0.306 e. The van der Waals surface area contributed by atoms with Crippen molar-refractivity contribution >= 4 is 11.6 Å². The van der Waals surface area contributed by atoms with E-state index < -0.39 is 0 Å². The van der Waals surface area contributed by atoms with Crippen LogP contribution in [-0.2, 0) is 9.59 Å². The van der Waals surface area contributed by atoms with Crippen molar-refractivity contribution in [2.45, 2.75) is 33.6 Å². The maximum Gasteiger partial charge on any atom is 0.155 e. The lowest BCUT2D eigenvalue weighted by atomic mass is 10.1. The SMILES string of the molecule is CC.CC(=O)CCC(=O)/C=C/CN(C)C. The quantitative estimate of drug-likeness (QED) is 0.634. The van der Waals surface area contributed by atoms with Gasteiger partial charge in [-0.25, -0.2) is 0 Å². The van der Waals surface area contributed by atoms with Crippen LogP contribution in [0.15, 0.2) is 12.2 Å². The smallest absolute Gasteiger partial charge is 0.155 e. The predicted octanol–water partition coefficient (Wildman–Crippen LogP) is 2.07. The molecule has 0 rings (SSSR count). The van der Waals surface area contributed by atoms with E-state index in [0.717, 1.165) is 6.54 Å². The Morgan fingerprint density at radius 2 is 1.67 bits per heavy atom. The highest BCUT2D eigenvalue weighted by molar-refractivity contribution is 5.92. The van der Waals surface area contributed by atoms with Gasteiger partial charge in [-0.3, -0.25) is 4.79 Å². The molecule has 0 aromatic heterocycles. The van der Waals surface area contributed by atoms with Crippen molar-refractivity contribution < 1.29 is 9.59 Å². The Hall–Kier alpha value is -0.960. The second-order valence-electron chi connectivity index (χ2n) is 3.33. The van der Waals surface area contributed by atoms with Crippen LogP contribution in [-0.4, -0.2) is 37.1 Å². The zero-order valence-electron chi connectivity index (χ0n) is 10.5. The van der Waals surface area contributed by atoms with Crippen LogP contribution in [0.2, 0.25) is 0 Å². The van der Waals surface area contributed by atoms with Gasteiger partial charge in [0.25, 0.3) is 0 Å². The first-order valence-corrected chi connectivity index (χ1v) is 5.36. The zero-order chi connectivity index (χ0) is 12.3. The van der Waals surface area contributed by atoms with Crippen LogP contribution >= 0.6 is 0 Å². The van der Waals surface area contributed by atoms with Crippen molar-refractivity contribution in [2.24, 2.45) is 0 Å². The molecule has 0 aliphatic rings. The minimum atomic E-state index is 0.0250. The van der Waals surface area contributed by atoms with Crippen LogP contribution in [0.25, 0.3) is 0 Å². The van der Waals surface area contributed by atoms with E-state index in [9.17, 15) is 9.59 Å². The second kappa shape index (κ2) is 11.1. The van der Waals surface area contributed by atoms with Gasteiger partial charge in [0.2, 0.25) is 0 Å². The van der Waals surface area contributed by atoms with Gasteiger partial charge in [-0.05, 0) is 27.1 Å². The lowest BCUT2D eigenvalue weighted by Crippen LogP contribution is -2.11. The number of allylic oxidation sites excluding steroid dienone is 1. The van der Waals surface area contributed by atoms with Crippen LogP contribution in [0.4, 0.5) is 0 Å². The topological polar surface area (TPSA) is 37.4 Å². The zero-order valence-corrected chi connectivity index (χ0v) is 10.5. The number of carbonyl (C=O) groups excluding carboxylic acids is 2. The molecule has 0 fully saturated rings. The summed E-state index contributed by atoms with van der Waals surface area (Å²) in [5, 5.41) is 0. The normalized spacial score (nSPS) is 10.0. The van der Waals surface area contributed by atoms with Gasteiger partial charge in [-0.2, -0.15) is 0 Å². The molecule has 15 heavy (non-hydrogen) atoms. The lowest BCUT2D eigenvalue weighted by Gasteiger charge is -2.02. The molecule has 0 saturated carbocycles. The molecule has 0 spiro atoms. The van der Waals surface area contributed by atoms with Gasteiger partial charge in [-0.15, -0.1) is 0 Å². The summed E-state index contributed by atoms with van der Waals surface area (Å²) in [6, 6.07) is 0. The molecule has 0 aliphatic carbocycles. The van der Waals surface area contributed by atoms with E-state index in [1.54, 1.807) is 6.08 Å². The summed E-state index contributed by atoms with van der Waals surface area (Å²) in [4.78, 5) is 23.6. The number of carbonyl (C=O) groups is 2. The number of hydrogen-bond acceptors (Lipinski definition) is 3. The average Bonchev–Trinajstić information content (AvgIpc) is 2.17. The summed E-state index contributed by atoms with van der Waals surface area (Å²) >= 11 is 0. The highest BCUT2D eigenvalue weighted by Crippen LogP contribution is 1.93. The summed E-state index contributed by atoms with van der Waals surface area (Å²) in [7, 11) is 3.87. The minimum Gasteiger partial charge on any atom is -0.306 e. The second-order valence-corrected chi connectivity index (χ2v) is 3.33. The van der Waals surface area contributed by atoms with Gasteiger partial charge in [0.15, 0.2) is 5.78 Å². The monoisotopic (exact) mass is 213 g/mol. The summed E-state index contributed by atoms with van der Waals surface area (Å²) in [6.45, 7) is 6.25. The molecule has 3 heteroatoms. The number of nitrogens with zero attached hydrogens (tertiary/aromatic N) is 1. The molecule has 0 aromatic rings. The van der Waals surface area contributed by atoms with Gasteiger partial charge in [0.1, 0.15) is 5.78 Å². The summed E-state index contributed by atoms with van der Waals surface area (Å²) in [5.74, 6) is 0.0893. The molecule has 3 nitrogen and oxygen atoms in total. The van der Waals surface area contributed by atoms with Gasteiger partial charge in [0.05, 0.1) is 0 Å². The van der Waals surface area contributed by atoms with Crippen molar-refractivity contribution in [3.8, 4) is 0 Å². The maximum atomic E-state index is 11.1. The van der Waals surface area contributed by atoms with Crippen molar-refractivity contribution in [1.82, 2.24) is 4.90 Å². The van der Waals surface area contributed by atoms with Crippen LogP contribution in [0.1, 0.15) is 33.6 Å². The Bertz CT molecular complexity index is 208. The molecule has 0 bridgehead atoms. The molecule has 0 aromatic carbocycles. The molecule has 0 N–H and O–H groups in total. The molecule has 0 unspecified atom stereocenters. The Labute approximate surface area is 93.2 Å². The molecule has 0 saturated heterocycles. The van der Waals surface area contributed by atoms with Crippen molar-refractivity contribution in [2.75, 3.05) is 20.6 Å². The van der Waals surface area contributed by atoms with E-state index in [1.807, 2.05) is 38.9 Å². The highest BCUT2D eigenvalue weighted by Gasteiger charge is 1.98.